The number of ketones is 1. The van der Waals surface area contributed by atoms with E-state index in [1.54, 1.807) is 12.3 Å². The molecule has 2 heterocycles. The molecule has 0 atom stereocenters. The van der Waals surface area contributed by atoms with Crippen molar-refractivity contribution >= 4 is 11.7 Å². The van der Waals surface area contributed by atoms with Crippen molar-refractivity contribution in [2.24, 2.45) is 5.92 Å². The van der Waals surface area contributed by atoms with Gasteiger partial charge in [-0.05, 0) is 25.8 Å². The van der Waals surface area contributed by atoms with Gasteiger partial charge in [-0.3, -0.25) is 4.79 Å². The molecular formula is C17H16F3N3O. The lowest BCUT2D eigenvalue weighted by atomic mass is 9.88. The number of carbonyl (C=O) groups is 1. The molecule has 24 heavy (non-hydrogen) atoms. The highest BCUT2D eigenvalue weighted by Gasteiger charge is 2.30. The number of nitrogens with zero attached hydrogens (tertiary/aromatic N) is 3. The molecule has 0 N–H and O–H groups in total. The first kappa shape index (κ1) is 16.4. The number of Topliss-reactive ketones (excluding diaryl/α,β-unsaturated/α-hetero) is 1. The average Bonchev–Trinajstić information content (AvgIpc) is 2.54. The maximum absolute atomic E-state index is 13.8. The summed E-state index contributed by atoms with van der Waals surface area (Å²) in [5.74, 6) is -3.87. The molecule has 1 aromatic heterocycles. The Bertz CT molecular complexity index is 750. The Morgan fingerprint density at radius 2 is 1.79 bits per heavy atom. The van der Waals surface area contributed by atoms with E-state index in [0.717, 1.165) is 5.69 Å². The van der Waals surface area contributed by atoms with Gasteiger partial charge in [-0.2, -0.15) is 0 Å². The SMILES string of the molecule is Cc1ccnc(N2CCC(C(=O)c3c(F)cc(F)cc3F)CC2)n1. The number of halogens is 3. The Labute approximate surface area is 137 Å². The van der Waals surface area contributed by atoms with Gasteiger partial charge in [-0.1, -0.05) is 0 Å². The number of hydrogen-bond acceptors (Lipinski definition) is 4. The van der Waals surface area contributed by atoms with Crippen molar-refractivity contribution < 1.29 is 18.0 Å². The van der Waals surface area contributed by atoms with E-state index in [1.807, 2.05) is 11.8 Å². The van der Waals surface area contributed by atoms with Crippen LogP contribution in [0, 0.1) is 30.3 Å². The predicted octanol–water partition coefficient (Wildman–Crippen LogP) is 3.30. The van der Waals surface area contributed by atoms with Crippen LogP contribution in [-0.4, -0.2) is 28.8 Å². The Morgan fingerprint density at radius 1 is 1.17 bits per heavy atom. The summed E-state index contributed by atoms with van der Waals surface area (Å²) >= 11 is 0. The minimum Gasteiger partial charge on any atom is -0.341 e. The molecule has 0 bridgehead atoms. The van der Waals surface area contributed by atoms with Gasteiger partial charge in [0.2, 0.25) is 5.95 Å². The zero-order valence-electron chi connectivity index (χ0n) is 13.1. The van der Waals surface area contributed by atoms with Gasteiger partial charge < -0.3 is 4.90 Å². The van der Waals surface area contributed by atoms with Crippen LogP contribution in [0.15, 0.2) is 24.4 Å². The third kappa shape index (κ3) is 3.25. The molecule has 0 amide bonds. The number of rotatable bonds is 3. The van der Waals surface area contributed by atoms with Crippen molar-refractivity contribution in [2.75, 3.05) is 18.0 Å². The summed E-state index contributed by atoms with van der Waals surface area (Å²) in [5, 5.41) is 0. The molecule has 0 radical (unpaired) electrons. The zero-order chi connectivity index (χ0) is 17.3. The van der Waals surface area contributed by atoms with E-state index in [0.29, 0.717) is 44.0 Å². The molecule has 1 fully saturated rings. The van der Waals surface area contributed by atoms with E-state index in [4.69, 9.17) is 0 Å². The van der Waals surface area contributed by atoms with E-state index in [1.165, 1.54) is 0 Å². The van der Waals surface area contributed by atoms with E-state index in [9.17, 15) is 18.0 Å². The number of benzene rings is 1. The number of hydrogen-bond donors (Lipinski definition) is 0. The summed E-state index contributed by atoms with van der Waals surface area (Å²) in [6, 6.07) is 2.86. The van der Waals surface area contributed by atoms with Gasteiger partial charge in [-0.25, -0.2) is 23.1 Å². The van der Waals surface area contributed by atoms with Crippen LogP contribution in [0.5, 0.6) is 0 Å². The molecule has 0 saturated carbocycles. The molecule has 1 saturated heterocycles. The second-order valence-corrected chi connectivity index (χ2v) is 5.87. The van der Waals surface area contributed by atoms with Crippen LogP contribution in [-0.2, 0) is 0 Å². The zero-order valence-corrected chi connectivity index (χ0v) is 13.1. The fourth-order valence-corrected chi connectivity index (χ4v) is 2.91. The van der Waals surface area contributed by atoms with Gasteiger partial charge in [0.05, 0.1) is 5.56 Å². The first-order valence-electron chi connectivity index (χ1n) is 7.69. The first-order chi connectivity index (χ1) is 11.5. The van der Waals surface area contributed by atoms with Crippen LogP contribution in [0.1, 0.15) is 28.9 Å². The number of aromatic nitrogens is 2. The van der Waals surface area contributed by atoms with Gasteiger partial charge in [0, 0.05) is 43.0 Å². The van der Waals surface area contributed by atoms with Gasteiger partial charge in [0.25, 0.3) is 0 Å². The summed E-state index contributed by atoms with van der Waals surface area (Å²) in [4.78, 5) is 22.9. The Morgan fingerprint density at radius 3 is 2.38 bits per heavy atom. The summed E-state index contributed by atoms with van der Waals surface area (Å²) < 4.78 is 40.5. The fourth-order valence-electron chi connectivity index (χ4n) is 2.91. The molecular weight excluding hydrogens is 319 g/mol. The molecule has 1 aromatic carbocycles. The fraction of sp³-hybridized carbons (Fsp3) is 0.353. The molecule has 0 aliphatic carbocycles. The first-order valence-corrected chi connectivity index (χ1v) is 7.69. The highest BCUT2D eigenvalue weighted by molar-refractivity contribution is 5.98. The largest absolute Gasteiger partial charge is 0.341 e. The van der Waals surface area contributed by atoms with Crippen molar-refractivity contribution in [3.05, 3.63) is 53.1 Å². The highest BCUT2D eigenvalue weighted by atomic mass is 19.1. The van der Waals surface area contributed by atoms with Crippen LogP contribution >= 0.6 is 0 Å². The second-order valence-electron chi connectivity index (χ2n) is 5.87. The monoisotopic (exact) mass is 335 g/mol. The van der Waals surface area contributed by atoms with Crippen LogP contribution in [0.3, 0.4) is 0 Å². The van der Waals surface area contributed by atoms with Gasteiger partial charge in [0.15, 0.2) is 5.78 Å². The lowest BCUT2D eigenvalue weighted by Crippen LogP contribution is -2.37. The number of piperidine rings is 1. The van der Waals surface area contributed by atoms with Crippen molar-refractivity contribution in [3.63, 3.8) is 0 Å². The maximum Gasteiger partial charge on any atom is 0.225 e. The maximum atomic E-state index is 13.8. The standard InChI is InChI=1S/C17H16F3N3O/c1-10-2-5-21-17(22-10)23-6-3-11(4-7-23)16(24)15-13(19)8-12(18)9-14(15)20/h2,5,8-9,11H,3-4,6-7H2,1H3. The van der Waals surface area contributed by atoms with E-state index < -0.39 is 34.7 Å². The van der Waals surface area contributed by atoms with E-state index in [2.05, 4.69) is 9.97 Å². The van der Waals surface area contributed by atoms with Gasteiger partial charge in [0.1, 0.15) is 17.5 Å². The van der Waals surface area contributed by atoms with Crippen molar-refractivity contribution in [3.8, 4) is 0 Å². The lowest BCUT2D eigenvalue weighted by Gasteiger charge is -2.31. The molecule has 0 unspecified atom stereocenters. The molecule has 7 heteroatoms. The average molecular weight is 335 g/mol. The predicted molar refractivity (Wildman–Crippen MR) is 82.4 cm³/mol. The quantitative estimate of drug-likeness (QED) is 0.808. The van der Waals surface area contributed by atoms with Crippen LogP contribution in [0.25, 0.3) is 0 Å². The van der Waals surface area contributed by atoms with Crippen LogP contribution in [0.4, 0.5) is 19.1 Å². The Balaban J connectivity index is 1.72. The van der Waals surface area contributed by atoms with E-state index >= 15 is 0 Å². The topological polar surface area (TPSA) is 46.1 Å². The highest BCUT2D eigenvalue weighted by Crippen LogP contribution is 2.26. The Hall–Kier alpha value is -2.44. The molecule has 3 rings (SSSR count). The molecule has 1 aliphatic heterocycles. The number of aryl methyl sites for hydroxylation is 1. The minimum atomic E-state index is -1.15. The molecule has 4 nitrogen and oxygen atoms in total. The summed E-state index contributed by atoms with van der Waals surface area (Å²) in [6.45, 7) is 2.90. The molecule has 2 aromatic rings. The van der Waals surface area contributed by atoms with Crippen molar-refractivity contribution in [2.45, 2.75) is 19.8 Å². The Kier molecular flexibility index (Phi) is 4.51. The summed E-state index contributed by atoms with van der Waals surface area (Å²) in [6.07, 6.45) is 2.54. The minimum absolute atomic E-state index is 0.437. The third-order valence-electron chi connectivity index (χ3n) is 4.18. The summed E-state index contributed by atoms with van der Waals surface area (Å²) in [5.41, 5.74) is 0.190. The lowest BCUT2D eigenvalue weighted by molar-refractivity contribution is 0.0891. The smallest absolute Gasteiger partial charge is 0.225 e. The number of carbonyl (C=O) groups excluding carboxylic acids is 1. The number of anilines is 1. The van der Waals surface area contributed by atoms with E-state index in [-0.39, 0.29) is 0 Å². The second kappa shape index (κ2) is 6.59. The third-order valence-corrected chi connectivity index (χ3v) is 4.18. The normalized spacial score (nSPS) is 15.6. The molecule has 0 spiro atoms. The van der Waals surface area contributed by atoms with Gasteiger partial charge >= 0.3 is 0 Å². The van der Waals surface area contributed by atoms with Crippen LogP contribution in [0.2, 0.25) is 0 Å². The molecule has 126 valence electrons. The molecule has 1 aliphatic rings. The van der Waals surface area contributed by atoms with Crippen molar-refractivity contribution in [1.82, 2.24) is 9.97 Å². The summed E-state index contributed by atoms with van der Waals surface area (Å²) in [7, 11) is 0. The van der Waals surface area contributed by atoms with Crippen molar-refractivity contribution in [1.29, 1.82) is 0 Å². The van der Waals surface area contributed by atoms with Crippen LogP contribution < -0.4 is 4.90 Å². The van der Waals surface area contributed by atoms with Gasteiger partial charge in [-0.15, -0.1) is 0 Å².